The smallest absolute Gasteiger partial charge is 0.231 e. The van der Waals surface area contributed by atoms with Crippen LogP contribution < -0.4 is 14.8 Å². The molecule has 34 heavy (non-hydrogen) atoms. The van der Waals surface area contributed by atoms with Gasteiger partial charge in [0.1, 0.15) is 0 Å². The van der Waals surface area contributed by atoms with Gasteiger partial charge >= 0.3 is 0 Å². The van der Waals surface area contributed by atoms with Crippen LogP contribution in [0.15, 0.2) is 53.9 Å². The molecule has 1 fully saturated rings. The van der Waals surface area contributed by atoms with Crippen LogP contribution in [0, 0.1) is 13.8 Å². The van der Waals surface area contributed by atoms with Crippen molar-refractivity contribution in [3.8, 4) is 17.2 Å². The van der Waals surface area contributed by atoms with E-state index in [1.165, 1.54) is 22.9 Å². The maximum absolute atomic E-state index is 12.9. The molecule has 1 aromatic heterocycles. The lowest BCUT2D eigenvalue weighted by atomic mass is 9.74. The van der Waals surface area contributed by atoms with Crippen molar-refractivity contribution < 1.29 is 19.0 Å². The highest BCUT2D eigenvalue weighted by molar-refractivity contribution is 7.99. The summed E-state index contributed by atoms with van der Waals surface area (Å²) >= 11 is 1.44. The van der Waals surface area contributed by atoms with E-state index in [0.29, 0.717) is 25.5 Å². The second kappa shape index (κ2) is 9.72. The number of aryl methyl sites for hydroxylation is 2. The summed E-state index contributed by atoms with van der Waals surface area (Å²) in [5.74, 6) is 1.83. The lowest BCUT2D eigenvalue weighted by molar-refractivity contribution is -0.119. The number of ether oxygens (including phenoxy) is 3. The van der Waals surface area contributed by atoms with E-state index in [1.807, 2.05) is 16.8 Å². The molecule has 5 rings (SSSR count). The number of carbonyl (C=O) groups is 1. The van der Waals surface area contributed by atoms with Crippen LogP contribution in [0.4, 0.5) is 0 Å². The van der Waals surface area contributed by atoms with E-state index in [9.17, 15) is 4.79 Å². The largest absolute Gasteiger partial charge is 0.454 e. The Labute approximate surface area is 203 Å². The number of thioether (sulfide) groups is 1. The molecule has 1 amide bonds. The highest BCUT2D eigenvalue weighted by atomic mass is 32.2. The SMILES string of the molecule is Cc1cc(C)cc(-n2ccnc2SCC(=O)NCC2(c3ccc4c(c3)OCO4)CCOCC2)c1. The predicted octanol–water partition coefficient (Wildman–Crippen LogP) is 4.17. The third kappa shape index (κ3) is 4.79. The Hall–Kier alpha value is -2.97. The molecule has 0 atom stereocenters. The van der Waals surface area contributed by atoms with E-state index >= 15 is 0 Å². The molecular formula is C26H29N3O4S. The molecule has 0 spiro atoms. The Balaban J connectivity index is 1.25. The van der Waals surface area contributed by atoms with Gasteiger partial charge in [-0.05, 0) is 67.6 Å². The minimum Gasteiger partial charge on any atom is -0.454 e. The Morgan fingerprint density at radius 3 is 2.65 bits per heavy atom. The van der Waals surface area contributed by atoms with Gasteiger partial charge < -0.3 is 19.5 Å². The predicted molar refractivity (Wildman–Crippen MR) is 131 cm³/mol. The number of rotatable bonds is 7. The van der Waals surface area contributed by atoms with E-state index < -0.39 is 0 Å². The molecule has 0 saturated carbocycles. The van der Waals surface area contributed by atoms with Crippen LogP contribution >= 0.6 is 11.8 Å². The Kier molecular flexibility index (Phi) is 6.52. The van der Waals surface area contributed by atoms with E-state index in [-0.39, 0.29) is 18.1 Å². The summed E-state index contributed by atoms with van der Waals surface area (Å²) in [6, 6.07) is 12.5. The molecule has 2 aromatic carbocycles. The van der Waals surface area contributed by atoms with Crippen LogP contribution in [0.2, 0.25) is 0 Å². The molecule has 7 nitrogen and oxygen atoms in total. The molecule has 8 heteroatoms. The van der Waals surface area contributed by atoms with Gasteiger partial charge in [-0.3, -0.25) is 9.36 Å². The first-order chi connectivity index (χ1) is 16.5. The summed E-state index contributed by atoms with van der Waals surface area (Å²) in [6.45, 7) is 6.32. The molecule has 0 aliphatic carbocycles. The normalized spacial score (nSPS) is 16.4. The van der Waals surface area contributed by atoms with Crippen molar-refractivity contribution in [1.29, 1.82) is 0 Å². The van der Waals surface area contributed by atoms with Crippen molar-refractivity contribution in [3.05, 3.63) is 65.5 Å². The molecule has 0 radical (unpaired) electrons. The third-order valence-corrected chi connectivity index (χ3v) is 7.45. The maximum atomic E-state index is 12.9. The molecule has 3 heterocycles. The maximum Gasteiger partial charge on any atom is 0.231 e. The summed E-state index contributed by atoms with van der Waals surface area (Å²) in [6.07, 6.45) is 5.40. The second-order valence-electron chi connectivity index (χ2n) is 8.95. The standard InChI is InChI=1S/C26H29N3O4S/c1-18-11-19(2)13-21(12-18)29-8-7-27-25(29)34-15-24(30)28-16-26(5-9-31-10-6-26)20-3-4-22-23(14-20)33-17-32-22/h3-4,7-8,11-14H,5-6,9-10,15-17H2,1-2H3,(H,28,30). The van der Waals surface area contributed by atoms with Crippen molar-refractivity contribution in [1.82, 2.24) is 14.9 Å². The van der Waals surface area contributed by atoms with Crippen LogP contribution in [0.3, 0.4) is 0 Å². The number of benzene rings is 2. The van der Waals surface area contributed by atoms with Gasteiger partial charge in [0.2, 0.25) is 12.7 Å². The van der Waals surface area contributed by atoms with Crippen LogP contribution in [0.1, 0.15) is 29.5 Å². The average Bonchev–Trinajstić information content (AvgIpc) is 3.50. The first-order valence-electron chi connectivity index (χ1n) is 11.5. The van der Waals surface area contributed by atoms with Gasteiger partial charge in [0.15, 0.2) is 16.7 Å². The first kappa shape index (κ1) is 22.8. The fraction of sp³-hybridized carbons (Fsp3) is 0.385. The van der Waals surface area contributed by atoms with Gasteiger partial charge in [0.05, 0.1) is 5.75 Å². The van der Waals surface area contributed by atoms with Gasteiger partial charge in [0.25, 0.3) is 0 Å². The van der Waals surface area contributed by atoms with Crippen molar-refractivity contribution in [2.45, 2.75) is 37.3 Å². The number of fused-ring (bicyclic) bond motifs is 1. The van der Waals surface area contributed by atoms with Crippen LogP contribution in [0.25, 0.3) is 5.69 Å². The van der Waals surface area contributed by atoms with Gasteiger partial charge in [-0.25, -0.2) is 4.98 Å². The van der Waals surface area contributed by atoms with Crippen molar-refractivity contribution >= 4 is 17.7 Å². The summed E-state index contributed by atoms with van der Waals surface area (Å²) in [7, 11) is 0. The van der Waals surface area contributed by atoms with E-state index in [4.69, 9.17) is 14.2 Å². The number of hydrogen-bond donors (Lipinski definition) is 1. The molecule has 1 saturated heterocycles. The first-order valence-corrected chi connectivity index (χ1v) is 12.5. The highest BCUT2D eigenvalue weighted by Crippen LogP contribution is 2.40. The summed E-state index contributed by atoms with van der Waals surface area (Å²) in [5.41, 5.74) is 4.42. The van der Waals surface area contributed by atoms with E-state index in [2.05, 4.69) is 54.5 Å². The zero-order chi connectivity index (χ0) is 23.5. The minimum atomic E-state index is -0.183. The fourth-order valence-corrected chi connectivity index (χ4v) is 5.49. The molecule has 2 aliphatic rings. The number of nitrogens with one attached hydrogen (secondary N) is 1. The van der Waals surface area contributed by atoms with Crippen LogP contribution in [0.5, 0.6) is 11.5 Å². The van der Waals surface area contributed by atoms with E-state index in [1.54, 1.807) is 6.20 Å². The number of amides is 1. The molecular weight excluding hydrogens is 450 g/mol. The van der Waals surface area contributed by atoms with Gasteiger partial charge in [0, 0.05) is 43.3 Å². The molecule has 0 unspecified atom stereocenters. The number of aromatic nitrogens is 2. The Morgan fingerprint density at radius 1 is 1.09 bits per heavy atom. The molecule has 2 aliphatic heterocycles. The summed E-state index contributed by atoms with van der Waals surface area (Å²) < 4.78 is 18.7. The van der Waals surface area contributed by atoms with Gasteiger partial charge in [-0.1, -0.05) is 23.9 Å². The van der Waals surface area contributed by atoms with Crippen molar-refractivity contribution in [3.63, 3.8) is 0 Å². The molecule has 178 valence electrons. The second-order valence-corrected chi connectivity index (χ2v) is 9.89. The van der Waals surface area contributed by atoms with Gasteiger partial charge in [-0.15, -0.1) is 0 Å². The molecule has 1 N–H and O–H groups in total. The minimum absolute atomic E-state index is 0.00779. The zero-order valence-corrected chi connectivity index (χ0v) is 20.3. The lowest BCUT2D eigenvalue weighted by Crippen LogP contribution is -2.45. The van der Waals surface area contributed by atoms with E-state index in [0.717, 1.165) is 40.7 Å². The quantitative estimate of drug-likeness (QED) is 0.513. The molecule has 3 aromatic rings. The molecule has 0 bridgehead atoms. The van der Waals surface area contributed by atoms with Gasteiger partial charge in [-0.2, -0.15) is 0 Å². The lowest BCUT2D eigenvalue weighted by Gasteiger charge is -2.38. The zero-order valence-electron chi connectivity index (χ0n) is 19.5. The van der Waals surface area contributed by atoms with Crippen molar-refractivity contribution in [2.24, 2.45) is 0 Å². The monoisotopic (exact) mass is 479 g/mol. The average molecular weight is 480 g/mol. The van der Waals surface area contributed by atoms with Crippen LogP contribution in [-0.4, -0.2) is 47.8 Å². The fourth-order valence-electron chi connectivity index (χ4n) is 4.69. The van der Waals surface area contributed by atoms with Crippen molar-refractivity contribution in [2.75, 3.05) is 32.3 Å². The third-order valence-electron chi connectivity index (χ3n) is 6.48. The number of imidazole rings is 1. The summed E-state index contributed by atoms with van der Waals surface area (Å²) in [4.78, 5) is 17.3. The van der Waals surface area contributed by atoms with Crippen LogP contribution in [-0.2, 0) is 14.9 Å². The number of nitrogens with zero attached hydrogens (tertiary/aromatic N) is 2. The summed E-state index contributed by atoms with van der Waals surface area (Å²) in [5, 5.41) is 3.98. The number of hydrogen-bond acceptors (Lipinski definition) is 6. The Morgan fingerprint density at radius 2 is 1.85 bits per heavy atom. The topological polar surface area (TPSA) is 74.6 Å². The Bertz CT molecular complexity index is 1170. The number of carbonyl (C=O) groups excluding carboxylic acids is 1. The highest BCUT2D eigenvalue weighted by Gasteiger charge is 2.36.